The second-order valence-electron chi connectivity index (χ2n) is 4.61. The Hall–Kier alpha value is -2.96. The standard InChI is InChI=1S/C16H17BN2O4/c1-18-15(20)11-3-7-13(8-4-11)22-17-23-14-9-5-12(6-10-14)16(21)19-2/h3-10,17H,1-2H3,(H,18,20)(H,19,21). The van der Waals surface area contributed by atoms with Crippen LogP contribution in [-0.4, -0.2) is 33.6 Å². The lowest BCUT2D eigenvalue weighted by atomic mass is 10.2. The minimum absolute atomic E-state index is 0.0264. The molecule has 2 N–H and O–H groups in total. The molecule has 2 rings (SSSR count). The molecular weight excluding hydrogens is 295 g/mol. The van der Waals surface area contributed by atoms with E-state index in [2.05, 4.69) is 10.6 Å². The Morgan fingerprint density at radius 1 is 0.739 bits per heavy atom. The van der Waals surface area contributed by atoms with Crippen LogP contribution >= 0.6 is 0 Å². The zero-order chi connectivity index (χ0) is 16.7. The van der Waals surface area contributed by atoms with Gasteiger partial charge in [-0.1, -0.05) is 0 Å². The first-order chi connectivity index (χ1) is 11.1. The maximum atomic E-state index is 11.4. The molecule has 2 aromatic rings. The summed E-state index contributed by atoms with van der Waals surface area (Å²) in [7, 11) is 3.19. The molecule has 2 aromatic carbocycles. The van der Waals surface area contributed by atoms with Crippen LogP contribution < -0.4 is 19.9 Å². The van der Waals surface area contributed by atoms with Crippen LogP contribution in [0.1, 0.15) is 20.7 Å². The first-order valence-electron chi connectivity index (χ1n) is 7.04. The average Bonchev–Trinajstić information content (AvgIpc) is 2.61. The number of rotatable bonds is 6. The van der Waals surface area contributed by atoms with Gasteiger partial charge in [0.15, 0.2) is 0 Å². The fraction of sp³-hybridized carbons (Fsp3) is 0.125. The van der Waals surface area contributed by atoms with Crippen LogP contribution in [0, 0.1) is 0 Å². The van der Waals surface area contributed by atoms with Gasteiger partial charge in [-0.15, -0.1) is 0 Å². The summed E-state index contributed by atoms with van der Waals surface area (Å²) in [5.41, 5.74) is 1.12. The van der Waals surface area contributed by atoms with Crippen LogP contribution in [0.5, 0.6) is 11.5 Å². The van der Waals surface area contributed by atoms with Gasteiger partial charge in [-0.25, -0.2) is 0 Å². The third-order valence-corrected chi connectivity index (χ3v) is 3.14. The number of nitrogens with one attached hydrogen (secondary N) is 2. The molecule has 0 heterocycles. The highest BCUT2D eigenvalue weighted by atomic mass is 16.6. The van der Waals surface area contributed by atoms with Crippen molar-refractivity contribution in [3.8, 4) is 11.5 Å². The van der Waals surface area contributed by atoms with Gasteiger partial charge in [0.25, 0.3) is 11.8 Å². The summed E-state index contributed by atoms with van der Waals surface area (Å²) in [5, 5.41) is 5.10. The smallest absolute Gasteiger partial charge is 0.529 e. The Morgan fingerprint density at radius 2 is 1.09 bits per heavy atom. The molecule has 0 atom stereocenters. The van der Waals surface area contributed by atoms with Crippen LogP contribution in [-0.2, 0) is 0 Å². The fourth-order valence-electron chi connectivity index (χ4n) is 1.86. The van der Waals surface area contributed by atoms with Crippen LogP contribution in [0.25, 0.3) is 0 Å². The maximum absolute atomic E-state index is 11.4. The van der Waals surface area contributed by atoms with E-state index < -0.39 is 0 Å². The maximum Gasteiger partial charge on any atom is 0.576 e. The molecule has 2 amide bonds. The van der Waals surface area contributed by atoms with Crippen molar-refractivity contribution in [1.82, 2.24) is 10.6 Å². The van der Waals surface area contributed by atoms with E-state index in [4.69, 9.17) is 9.31 Å². The van der Waals surface area contributed by atoms with Gasteiger partial charge in [0, 0.05) is 25.2 Å². The Kier molecular flexibility index (Phi) is 5.63. The number of carbonyl (C=O) groups is 2. The molecule has 118 valence electrons. The fourth-order valence-corrected chi connectivity index (χ4v) is 1.86. The van der Waals surface area contributed by atoms with Gasteiger partial charge in [-0.2, -0.15) is 0 Å². The molecule has 0 saturated heterocycles. The van der Waals surface area contributed by atoms with E-state index in [1.54, 1.807) is 62.6 Å². The Balaban J connectivity index is 1.85. The molecule has 7 heteroatoms. The van der Waals surface area contributed by atoms with Gasteiger partial charge < -0.3 is 19.9 Å². The molecule has 0 fully saturated rings. The quantitative estimate of drug-likeness (QED) is 0.784. The lowest BCUT2D eigenvalue weighted by molar-refractivity contribution is 0.0955. The third kappa shape index (κ3) is 4.51. The molecular formula is C16H17BN2O4. The minimum Gasteiger partial charge on any atom is -0.529 e. The minimum atomic E-state index is -0.149. The monoisotopic (exact) mass is 312 g/mol. The highest BCUT2D eigenvalue weighted by Crippen LogP contribution is 2.14. The molecule has 23 heavy (non-hydrogen) atoms. The van der Waals surface area contributed by atoms with Crippen molar-refractivity contribution in [3.63, 3.8) is 0 Å². The van der Waals surface area contributed by atoms with Crippen LogP contribution in [0.15, 0.2) is 48.5 Å². The van der Waals surface area contributed by atoms with Crippen LogP contribution in [0.3, 0.4) is 0 Å². The van der Waals surface area contributed by atoms with Gasteiger partial charge in [0.2, 0.25) is 0 Å². The van der Waals surface area contributed by atoms with E-state index in [1.165, 1.54) is 0 Å². The molecule has 0 aliphatic heterocycles. The highest BCUT2D eigenvalue weighted by molar-refractivity contribution is 6.20. The van der Waals surface area contributed by atoms with Crippen molar-refractivity contribution in [2.75, 3.05) is 14.1 Å². The zero-order valence-electron chi connectivity index (χ0n) is 13.0. The molecule has 0 radical (unpaired) electrons. The van der Waals surface area contributed by atoms with Crippen LogP contribution in [0.4, 0.5) is 0 Å². The summed E-state index contributed by atoms with van der Waals surface area (Å²) in [6.45, 7) is 0. The summed E-state index contributed by atoms with van der Waals surface area (Å²) in [6, 6.07) is 13.5. The molecule has 0 unspecified atom stereocenters. The topological polar surface area (TPSA) is 76.7 Å². The van der Waals surface area contributed by atoms with E-state index in [0.717, 1.165) is 0 Å². The number of hydrogen-bond acceptors (Lipinski definition) is 4. The number of carbonyl (C=O) groups excluding carboxylic acids is 2. The second-order valence-corrected chi connectivity index (χ2v) is 4.61. The summed E-state index contributed by atoms with van der Waals surface area (Å²) in [5.74, 6) is 0.896. The lowest BCUT2D eigenvalue weighted by Gasteiger charge is -2.08. The first kappa shape index (κ1) is 16.4. The van der Waals surface area contributed by atoms with E-state index in [1.807, 2.05) is 0 Å². The summed E-state index contributed by atoms with van der Waals surface area (Å²) in [6.07, 6.45) is 0. The molecule has 0 saturated carbocycles. The van der Waals surface area contributed by atoms with E-state index in [0.29, 0.717) is 22.6 Å². The van der Waals surface area contributed by atoms with Crippen molar-refractivity contribution in [3.05, 3.63) is 59.7 Å². The second kappa shape index (κ2) is 7.88. The number of amides is 2. The zero-order valence-corrected chi connectivity index (χ0v) is 13.0. The molecule has 0 aliphatic carbocycles. The van der Waals surface area contributed by atoms with Crippen LogP contribution in [0.2, 0.25) is 0 Å². The Bertz CT molecular complexity index is 612. The molecule has 0 bridgehead atoms. The van der Waals surface area contributed by atoms with Gasteiger partial charge in [0.05, 0.1) is 0 Å². The van der Waals surface area contributed by atoms with E-state index in [-0.39, 0.29) is 19.5 Å². The summed E-state index contributed by atoms with van der Waals surface area (Å²) < 4.78 is 10.9. The van der Waals surface area contributed by atoms with Crippen molar-refractivity contribution >= 4 is 19.5 Å². The predicted molar refractivity (Wildman–Crippen MR) is 88.1 cm³/mol. The van der Waals surface area contributed by atoms with Crippen molar-refractivity contribution in [2.24, 2.45) is 0 Å². The van der Waals surface area contributed by atoms with Gasteiger partial charge in [-0.05, 0) is 48.5 Å². The highest BCUT2D eigenvalue weighted by Gasteiger charge is 2.05. The third-order valence-electron chi connectivity index (χ3n) is 3.14. The largest absolute Gasteiger partial charge is 0.576 e. The van der Waals surface area contributed by atoms with Crippen molar-refractivity contribution < 1.29 is 18.9 Å². The van der Waals surface area contributed by atoms with Crippen molar-refractivity contribution in [1.29, 1.82) is 0 Å². The molecule has 0 spiro atoms. The Morgan fingerprint density at radius 3 is 1.39 bits per heavy atom. The molecule has 6 nitrogen and oxygen atoms in total. The lowest BCUT2D eigenvalue weighted by Crippen LogP contribution is -2.18. The summed E-state index contributed by atoms with van der Waals surface area (Å²) >= 11 is 0. The number of benzene rings is 2. The Labute approximate surface area is 135 Å². The van der Waals surface area contributed by atoms with Gasteiger partial charge in [-0.3, -0.25) is 9.59 Å². The van der Waals surface area contributed by atoms with E-state index >= 15 is 0 Å². The first-order valence-corrected chi connectivity index (χ1v) is 7.04. The normalized spacial score (nSPS) is 9.65. The van der Waals surface area contributed by atoms with Gasteiger partial charge >= 0.3 is 7.69 Å². The van der Waals surface area contributed by atoms with Gasteiger partial charge in [0.1, 0.15) is 11.5 Å². The van der Waals surface area contributed by atoms with Crippen molar-refractivity contribution in [2.45, 2.75) is 0 Å². The molecule has 0 aliphatic rings. The van der Waals surface area contributed by atoms with E-state index in [9.17, 15) is 9.59 Å². The predicted octanol–water partition coefficient (Wildman–Crippen LogP) is 1.13. The SMILES string of the molecule is CNC(=O)c1ccc(OBOc2ccc(C(=O)NC)cc2)cc1. The number of hydrogen-bond donors (Lipinski definition) is 2. The summed E-state index contributed by atoms with van der Waals surface area (Å²) in [4.78, 5) is 22.8. The average molecular weight is 312 g/mol. The molecule has 0 aromatic heterocycles.